The van der Waals surface area contributed by atoms with E-state index in [9.17, 15) is 10.1 Å². The monoisotopic (exact) mass is 354 g/mol. The van der Waals surface area contributed by atoms with Crippen LogP contribution >= 0.6 is 15.9 Å². The van der Waals surface area contributed by atoms with Crippen molar-refractivity contribution in [1.82, 2.24) is 9.55 Å². The molecule has 108 valence electrons. The lowest BCUT2D eigenvalue weighted by Crippen LogP contribution is -2.25. The van der Waals surface area contributed by atoms with E-state index in [0.29, 0.717) is 16.6 Å². The third kappa shape index (κ3) is 2.47. The molecule has 22 heavy (non-hydrogen) atoms. The molecule has 0 aliphatic heterocycles. The maximum Gasteiger partial charge on any atom is 0.262 e. The summed E-state index contributed by atoms with van der Waals surface area (Å²) in [6, 6.07) is 14.4. The molecule has 3 rings (SSSR count). The molecule has 0 aliphatic rings. The molecule has 6 heteroatoms. The van der Waals surface area contributed by atoms with Gasteiger partial charge in [0.15, 0.2) is 0 Å². The van der Waals surface area contributed by atoms with Gasteiger partial charge < -0.3 is 5.73 Å². The van der Waals surface area contributed by atoms with Gasteiger partial charge in [0.2, 0.25) is 5.82 Å². The third-order valence-electron chi connectivity index (χ3n) is 3.40. The van der Waals surface area contributed by atoms with Gasteiger partial charge in [0.05, 0.1) is 17.4 Å². The summed E-state index contributed by atoms with van der Waals surface area (Å²) in [6.45, 7) is 0.212. The van der Waals surface area contributed by atoms with Crippen LogP contribution in [0.5, 0.6) is 0 Å². The number of para-hydroxylation sites is 1. The first-order chi connectivity index (χ1) is 10.6. The van der Waals surface area contributed by atoms with Crippen molar-refractivity contribution < 1.29 is 0 Å². The van der Waals surface area contributed by atoms with Crippen molar-refractivity contribution in [3.63, 3.8) is 0 Å². The van der Waals surface area contributed by atoms with E-state index >= 15 is 0 Å². The Morgan fingerprint density at radius 3 is 2.77 bits per heavy atom. The van der Waals surface area contributed by atoms with Crippen LogP contribution in [0.15, 0.2) is 51.7 Å². The fourth-order valence-electron chi connectivity index (χ4n) is 2.27. The zero-order valence-corrected chi connectivity index (χ0v) is 13.0. The highest BCUT2D eigenvalue weighted by Crippen LogP contribution is 2.17. The SMILES string of the molecule is N#Cc1nc2ccc(Br)cc2c(=O)n1Cc1ccccc1N. The van der Waals surface area contributed by atoms with Crippen molar-refractivity contribution in [3.8, 4) is 6.07 Å². The van der Waals surface area contributed by atoms with Crippen LogP contribution in [0.4, 0.5) is 5.69 Å². The quantitative estimate of drug-likeness (QED) is 0.717. The van der Waals surface area contributed by atoms with Gasteiger partial charge in [-0.05, 0) is 29.8 Å². The molecular formula is C16H11BrN4O. The second kappa shape index (κ2) is 5.62. The van der Waals surface area contributed by atoms with Gasteiger partial charge in [-0.1, -0.05) is 34.1 Å². The van der Waals surface area contributed by atoms with Crippen LogP contribution in [0.25, 0.3) is 10.9 Å². The summed E-state index contributed by atoms with van der Waals surface area (Å²) < 4.78 is 2.13. The lowest BCUT2D eigenvalue weighted by atomic mass is 10.1. The van der Waals surface area contributed by atoms with E-state index in [1.165, 1.54) is 4.57 Å². The number of nitrogens with zero attached hydrogens (tertiary/aromatic N) is 3. The van der Waals surface area contributed by atoms with Gasteiger partial charge in [-0.25, -0.2) is 4.98 Å². The minimum Gasteiger partial charge on any atom is -0.398 e. The zero-order valence-electron chi connectivity index (χ0n) is 11.5. The molecule has 0 bridgehead atoms. The minimum absolute atomic E-state index is 0.0723. The summed E-state index contributed by atoms with van der Waals surface area (Å²) in [5.74, 6) is 0.0723. The maximum atomic E-state index is 12.7. The zero-order chi connectivity index (χ0) is 15.7. The molecule has 0 unspecified atom stereocenters. The van der Waals surface area contributed by atoms with Crippen LogP contribution in [-0.2, 0) is 6.54 Å². The summed E-state index contributed by atoms with van der Waals surface area (Å²) >= 11 is 3.34. The first-order valence-electron chi connectivity index (χ1n) is 6.53. The summed E-state index contributed by atoms with van der Waals surface area (Å²) in [7, 11) is 0. The number of nitrogens with two attached hydrogens (primary N) is 1. The molecule has 0 saturated carbocycles. The Hall–Kier alpha value is -2.65. The molecular weight excluding hydrogens is 344 g/mol. The van der Waals surface area contributed by atoms with Crippen LogP contribution in [0, 0.1) is 11.3 Å². The molecule has 0 radical (unpaired) electrons. The van der Waals surface area contributed by atoms with Crippen LogP contribution < -0.4 is 11.3 Å². The summed E-state index contributed by atoms with van der Waals surface area (Å²) in [5, 5.41) is 9.75. The fourth-order valence-corrected chi connectivity index (χ4v) is 2.63. The minimum atomic E-state index is -0.258. The average molecular weight is 355 g/mol. The van der Waals surface area contributed by atoms with E-state index in [-0.39, 0.29) is 17.9 Å². The molecule has 0 aliphatic carbocycles. The van der Waals surface area contributed by atoms with Crippen molar-refractivity contribution in [1.29, 1.82) is 5.26 Å². The first kappa shape index (κ1) is 14.3. The molecule has 1 heterocycles. The Morgan fingerprint density at radius 1 is 1.27 bits per heavy atom. The molecule has 0 saturated heterocycles. The van der Waals surface area contributed by atoms with Gasteiger partial charge in [-0.2, -0.15) is 5.26 Å². The van der Waals surface area contributed by atoms with Crippen LogP contribution in [0.2, 0.25) is 0 Å². The Morgan fingerprint density at radius 2 is 2.05 bits per heavy atom. The maximum absolute atomic E-state index is 12.7. The third-order valence-corrected chi connectivity index (χ3v) is 3.89. The van der Waals surface area contributed by atoms with E-state index in [2.05, 4.69) is 20.9 Å². The molecule has 5 nitrogen and oxygen atoms in total. The number of hydrogen-bond acceptors (Lipinski definition) is 4. The second-order valence-electron chi connectivity index (χ2n) is 4.80. The molecule has 0 atom stereocenters. The highest BCUT2D eigenvalue weighted by molar-refractivity contribution is 9.10. The topological polar surface area (TPSA) is 84.7 Å². The van der Waals surface area contributed by atoms with Crippen molar-refractivity contribution in [2.24, 2.45) is 0 Å². The smallest absolute Gasteiger partial charge is 0.262 e. The highest BCUT2D eigenvalue weighted by Gasteiger charge is 2.12. The predicted octanol–water partition coefficient (Wildman–Crippen LogP) is 2.66. The summed E-state index contributed by atoms with van der Waals surface area (Å²) in [4.78, 5) is 16.9. The van der Waals surface area contributed by atoms with E-state index in [1.807, 2.05) is 24.3 Å². The van der Waals surface area contributed by atoms with Crippen molar-refractivity contribution in [2.45, 2.75) is 6.54 Å². The van der Waals surface area contributed by atoms with E-state index in [1.54, 1.807) is 24.3 Å². The van der Waals surface area contributed by atoms with Crippen LogP contribution in [-0.4, -0.2) is 9.55 Å². The van der Waals surface area contributed by atoms with Crippen molar-refractivity contribution >= 4 is 32.5 Å². The Bertz CT molecular complexity index is 972. The standard InChI is InChI=1S/C16H11BrN4O/c17-11-5-6-14-12(7-11)16(22)21(15(8-18)20-14)9-10-3-1-2-4-13(10)19/h1-7H,9,19H2. The summed E-state index contributed by atoms with van der Waals surface area (Å²) in [5.41, 5.74) is 7.52. The van der Waals surface area contributed by atoms with E-state index < -0.39 is 0 Å². The molecule has 0 amide bonds. The van der Waals surface area contributed by atoms with E-state index in [4.69, 9.17) is 5.73 Å². The highest BCUT2D eigenvalue weighted by atomic mass is 79.9. The number of nitrogen functional groups attached to an aromatic ring is 1. The van der Waals surface area contributed by atoms with Gasteiger partial charge in [-0.3, -0.25) is 9.36 Å². The molecule has 3 aromatic rings. The number of benzene rings is 2. The fraction of sp³-hybridized carbons (Fsp3) is 0.0625. The van der Waals surface area contributed by atoms with Crippen molar-refractivity contribution in [3.05, 3.63) is 68.7 Å². The van der Waals surface area contributed by atoms with Gasteiger partial charge >= 0.3 is 0 Å². The Kier molecular flexibility index (Phi) is 3.65. The van der Waals surface area contributed by atoms with Crippen LogP contribution in [0.3, 0.4) is 0 Å². The molecule has 2 aromatic carbocycles. The Balaban J connectivity index is 2.24. The van der Waals surface area contributed by atoms with Gasteiger partial charge in [0.25, 0.3) is 5.56 Å². The lowest BCUT2D eigenvalue weighted by molar-refractivity contribution is 0.734. The second-order valence-corrected chi connectivity index (χ2v) is 5.71. The molecule has 1 aromatic heterocycles. The number of hydrogen-bond donors (Lipinski definition) is 1. The predicted molar refractivity (Wildman–Crippen MR) is 88.4 cm³/mol. The largest absolute Gasteiger partial charge is 0.398 e. The Labute approximate surface area is 134 Å². The summed E-state index contributed by atoms with van der Waals surface area (Å²) in [6.07, 6.45) is 0. The number of anilines is 1. The number of nitriles is 1. The van der Waals surface area contributed by atoms with Gasteiger partial charge in [-0.15, -0.1) is 0 Å². The number of fused-ring (bicyclic) bond motifs is 1. The lowest BCUT2D eigenvalue weighted by Gasteiger charge is -2.11. The van der Waals surface area contributed by atoms with Crippen molar-refractivity contribution in [2.75, 3.05) is 5.73 Å². The molecule has 2 N–H and O–H groups in total. The molecule has 0 fully saturated rings. The number of aromatic nitrogens is 2. The first-order valence-corrected chi connectivity index (χ1v) is 7.33. The van der Waals surface area contributed by atoms with Crippen LogP contribution in [0.1, 0.15) is 11.4 Å². The average Bonchev–Trinajstić information content (AvgIpc) is 2.52. The van der Waals surface area contributed by atoms with Gasteiger partial charge in [0.1, 0.15) is 6.07 Å². The van der Waals surface area contributed by atoms with E-state index in [0.717, 1.165) is 10.0 Å². The van der Waals surface area contributed by atoms with Gasteiger partial charge in [0, 0.05) is 10.2 Å². The normalized spacial score (nSPS) is 10.5. The number of rotatable bonds is 2. The molecule has 0 spiro atoms. The number of halogens is 1.